The number of rotatable bonds is 4. The summed E-state index contributed by atoms with van der Waals surface area (Å²) in [6.45, 7) is 5.62. The first-order valence-corrected chi connectivity index (χ1v) is 6.42. The second-order valence-electron chi connectivity index (χ2n) is 4.87. The number of hydrogen-bond acceptors (Lipinski definition) is 4. The summed E-state index contributed by atoms with van der Waals surface area (Å²) >= 11 is 0. The lowest BCUT2D eigenvalue weighted by molar-refractivity contribution is 0.234. The highest BCUT2D eigenvalue weighted by Crippen LogP contribution is 2.25. The van der Waals surface area contributed by atoms with E-state index in [0.717, 1.165) is 5.56 Å². The number of aryl methyl sites for hydroxylation is 1. The third-order valence-electron chi connectivity index (χ3n) is 2.62. The summed E-state index contributed by atoms with van der Waals surface area (Å²) in [5.74, 6) is 0.505. The van der Waals surface area contributed by atoms with Gasteiger partial charge in [0.1, 0.15) is 11.6 Å². The first-order chi connectivity index (χ1) is 9.45. The molecular formula is C15H18FN3O. The number of halogens is 1. The number of hydrogen-bond donors (Lipinski definition) is 2. The van der Waals surface area contributed by atoms with Crippen LogP contribution in [0.1, 0.15) is 19.4 Å². The molecule has 2 aromatic rings. The van der Waals surface area contributed by atoms with Gasteiger partial charge in [-0.2, -0.15) is 4.98 Å². The van der Waals surface area contributed by atoms with E-state index in [1.807, 2.05) is 26.8 Å². The van der Waals surface area contributed by atoms with Crippen LogP contribution in [0.4, 0.5) is 21.6 Å². The summed E-state index contributed by atoms with van der Waals surface area (Å²) in [5, 5.41) is 2.92. The maximum Gasteiger partial charge on any atom is 0.239 e. The Morgan fingerprint density at radius 1 is 1.25 bits per heavy atom. The van der Waals surface area contributed by atoms with Gasteiger partial charge >= 0.3 is 0 Å². The van der Waals surface area contributed by atoms with Crippen LogP contribution in [0.5, 0.6) is 5.88 Å². The van der Waals surface area contributed by atoms with Crippen LogP contribution in [-0.4, -0.2) is 11.1 Å². The lowest BCUT2D eigenvalue weighted by Crippen LogP contribution is -2.09. The minimum absolute atomic E-state index is 0.0313. The first-order valence-electron chi connectivity index (χ1n) is 6.42. The van der Waals surface area contributed by atoms with Crippen molar-refractivity contribution >= 4 is 17.2 Å². The van der Waals surface area contributed by atoms with Crippen LogP contribution in [0.2, 0.25) is 0 Å². The fourth-order valence-corrected chi connectivity index (χ4v) is 1.70. The predicted octanol–water partition coefficient (Wildman–Crippen LogP) is 3.64. The van der Waals surface area contributed by atoms with Gasteiger partial charge in [-0.05, 0) is 50.6 Å². The maximum absolute atomic E-state index is 13.8. The SMILES string of the molecule is Cc1ccc(Nc2ccc(N)c(OC(C)C)n2)c(F)c1. The number of nitrogen functional groups attached to an aromatic ring is 1. The second-order valence-corrected chi connectivity index (χ2v) is 4.87. The molecule has 0 atom stereocenters. The number of pyridine rings is 1. The molecule has 0 spiro atoms. The third-order valence-corrected chi connectivity index (χ3v) is 2.62. The molecule has 3 N–H and O–H groups in total. The quantitative estimate of drug-likeness (QED) is 0.894. The van der Waals surface area contributed by atoms with Crippen LogP contribution in [0.15, 0.2) is 30.3 Å². The highest BCUT2D eigenvalue weighted by atomic mass is 19.1. The van der Waals surface area contributed by atoms with E-state index in [1.54, 1.807) is 18.2 Å². The summed E-state index contributed by atoms with van der Waals surface area (Å²) in [7, 11) is 0. The minimum Gasteiger partial charge on any atom is -0.473 e. The number of anilines is 3. The average molecular weight is 275 g/mol. The Morgan fingerprint density at radius 2 is 2.00 bits per heavy atom. The van der Waals surface area contributed by atoms with Gasteiger partial charge in [0.2, 0.25) is 5.88 Å². The summed E-state index contributed by atoms with van der Waals surface area (Å²) in [6, 6.07) is 8.33. The Hall–Kier alpha value is -2.30. The summed E-state index contributed by atoms with van der Waals surface area (Å²) in [6.07, 6.45) is -0.0313. The van der Waals surface area contributed by atoms with Crippen LogP contribution in [0.25, 0.3) is 0 Å². The molecule has 106 valence electrons. The highest BCUT2D eigenvalue weighted by Gasteiger charge is 2.08. The van der Waals surface area contributed by atoms with Gasteiger partial charge in [0.25, 0.3) is 0 Å². The summed E-state index contributed by atoms with van der Waals surface area (Å²) < 4.78 is 19.3. The number of nitrogens with one attached hydrogen (secondary N) is 1. The summed E-state index contributed by atoms with van der Waals surface area (Å²) in [4.78, 5) is 4.25. The van der Waals surface area contributed by atoms with Crippen molar-refractivity contribution in [3.05, 3.63) is 41.7 Å². The summed E-state index contributed by atoms with van der Waals surface area (Å²) in [5.41, 5.74) is 7.47. The maximum atomic E-state index is 13.8. The number of ether oxygens (including phenoxy) is 1. The molecule has 2 rings (SSSR count). The molecule has 0 aliphatic carbocycles. The molecule has 0 aliphatic heterocycles. The fraction of sp³-hybridized carbons (Fsp3) is 0.267. The Bertz CT molecular complexity index is 614. The van der Waals surface area contributed by atoms with Gasteiger partial charge < -0.3 is 15.8 Å². The van der Waals surface area contributed by atoms with Crippen molar-refractivity contribution in [3.8, 4) is 5.88 Å². The molecule has 20 heavy (non-hydrogen) atoms. The van der Waals surface area contributed by atoms with Gasteiger partial charge in [0.15, 0.2) is 0 Å². The normalized spacial score (nSPS) is 10.7. The smallest absolute Gasteiger partial charge is 0.239 e. The van der Waals surface area contributed by atoms with Crippen molar-refractivity contribution < 1.29 is 9.13 Å². The van der Waals surface area contributed by atoms with Crippen LogP contribution in [-0.2, 0) is 0 Å². The van der Waals surface area contributed by atoms with Crippen molar-refractivity contribution in [3.63, 3.8) is 0 Å². The molecule has 4 nitrogen and oxygen atoms in total. The molecule has 0 saturated heterocycles. The van der Waals surface area contributed by atoms with E-state index in [1.165, 1.54) is 6.07 Å². The van der Waals surface area contributed by atoms with E-state index >= 15 is 0 Å². The molecule has 5 heteroatoms. The molecule has 1 aromatic heterocycles. The lowest BCUT2D eigenvalue weighted by Gasteiger charge is -2.13. The molecule has 0 bridgehead atoms. The topological polar surface area (TPSA) is 60.2 Å². The molecule has 0 radical (unpaired) electrons. The zero-order valence-electron chi connectivity index (χ0n) is 11.8. The molecule has 0 aliphatic rings. The van der Waals surface area contributed by atoms with Crippen molar-refractivity contribution in [2.24, 2.45) is 0 Å². The Labute approximate surface area is 117 Å². The number of aromatic nitrogens is 1. The minimum atomic E-state index is -0.324. The van der Waals surface area contributed by atoms with Crippen molar-refractivity contribution in [2.45, 2.75) is 26.9 Å². The van der Waals surface area contributed by atoms with Crippen LogP contribution >= 0.6 is 0 Å². The third kappa shape index (κ3) is 3.38. The molecular weight excluding hydrogens is 257 g/mol. The zero-order chi connectivity index (χ0) is 14.7. The fourth-order valence-electron chi connectivity index (χ4n) is 1.70. The second kappa shape index (κ2) is 5.77. The van der Waals surface area contributed by atoms with Crippen molar-refractivity contribution in [2.75, 3.05) is 11.1 Å². The Balaban J connectivity index is 2.25. The molecule has 0 amide bonds. The highest BCUT2D eigenvalue weighted by molar-refractivity contribution is 5.61. The average Bonchev–Trinajstić information content (AvgIpc) is 2.36. The van der Waals surface area contributed by atoms with Gasteiger partial charge in [0.05, 0.1) is 17.5 Å². The van der Waals surface area contributed by atoms with E-state index < -0.39 is 0 Å². The molecule has 0 fully saturated rings. The number of benzene rings is 1. The Kier molecular flexibility index (Phi) is 4.08. The van der Waals surface area contributed by atoms with Gasteiger partial charge in [0, 0.05) is 0 Å². The Morgan fingerprint density at radius 3 is 2.65 bits per heavy atom. The van der Waals surface area contributed by atoms with E-state index in [2.05, 4.69) is 10.3 Å². The molecule has 1 aromatic carbocycles. The standard InChI is InChI=1S/C15H18FN3O/c1-9(2)20-15-12(17)5-7-14(19-15)18-13-6-4-10(3)8-11(13)16/h4-9H,17H2,1-3H3,(H,18,19). The molecule has 0 saturated carbocycles. The van der Waals surface area contributed by atoms with E-state index in [9.17, 15) is 4.39 Å². The van der Waals surface area contributed by atoms with E-state index in [0.29, 0.717) is 23.1 Å². The lowest BCUT2D eigenvalue weighted by atomic mass is 10.2. The van der Waals surface area contributed by atoms with Crippen LogP contribution < -0.4 is 15.8 Å². The van der Waals surface area contributed by atoms with Gasteiger partial charge in [-0.3, -0.25) is 0 Å². The predicted molar refractivity (Wildman–Crippen MR) is 78.8 cm³/mol. The van der Waals surface area contributed by atoms with Gasteiger partial charge in [-0.15, -0.1) is 0 Å². The van der Waals surface area contributed by atoms with Gasteiger partial charge in [-0.25, -0.2) is 4.39 Å². The number of nitrogens with two attached hydrogens (primary N) is 1. The molecule has 1 heterocycles. The van der Waals surface area contributed by atoms with E-state index in [4.69, 9.17) is 10.5 Å². The van der Waals surface area contributed by atoms with Crippen molar-refractivity contribution in [1.29, 1.82) is 0 Å². The van der Waals surface area contributed by atoms with Crippen LogP contribution in [0, 0.1) is 12.7 Å². The van der Waals surface area contributed by atoms with Gasteiger partial charge in [-0.1, -0.05) is 6.07 Å². The first kappa shape index (κ1) is 14.1. The largest absolute Gasteiger partial charge is 0.473 e. The zero-order valence-corrected chi connectivity index (χ0v) is 11.8. The van der Waals surface area contributed by atoms with Crippen LogP contribution in [0.3, 0.4) is 0 Å². The van der Waals surface area contributed by atoms with E-state index in [-0.39, 0.29) is 11.9 Å². The number of nitrogens with zero attached hydrogens (tertiary/aromatic N) is 1. The van der Waals surface area contributed by atoms with Crippen molar-refractivity contribution in [1.82, 2.24) is 4.98 Å². The monoisotopic (exact) mass is 275 g/mol. The molecule has 0 unspecified atom stereocenters.